The average Bonchev–Trinajstić information content (AvgIpc) is 3.20. The van der Waals surface area contributed by atoms with Gasteiger partial charge in [-0.1, -0.05) is 46.3 Å². The highest BCUT2D eigenvalue weighted by Crippen LogP contribution is 2.28. The number of amides is 1. The van der Waals surface area contributed by atoms with Gasteiger partial charge in [-0.2, -0.15) is 0 Å². The zero-order valence-corrected chi connectivity index (χ0v) is 16.3. The number of hydrogen-bond donors (Lipinski definition) is 1. The summed E-state index contributed by atoms with van der Waals surface area (Å²) in [6, 6.07) is 16.4. The minimum atomic E-state index is -0.124. The molecule has 0 saturated carbocycles. The Morgan fingerprint density at radius 1 is 1.27 bits per heavy atom. The van der Waals surface area contributed by atoms with Gasteiger partial charge in [-0.05, 0) is 37.1 Å². The van der Waals surface area contributed by atoms with Crippen LogP contribution in [0.1, 0.15) is 28.1 Å². The van der Waals surface area contributed by atoms with E-state index in [1.54, 1.807) is 0 Å². The van der Waals surface area contributed by atoms with Gasteiger partial charge in [-0.25, -0.2) is 0 Å². The Labute approximate surface area is 161 Å². The van der Waals surface area contributed by atoms with E-state index in [9.17, 15) is 4.79 Å². The molecule has 1 saturated heterocycles. The first-order valence-corrected chi connectivity index (χ1v) is 9.65. The molecule has 1 N–H and O–H groups in total. The molecule has 2 heterocycles. The van der Waals surface area contributed by atoms with E-state index in [4.69, 9.17) is 4.42 Å². The van der Waals surface area contributed by atoms with Crippen LogP contribution in [-0.2, 0) is 6.54 Å². The minimum absolute atomic E-state index is 0.124. The van der Waals surface area contributed by atoms with E-state index in [1.807, 2.05) is 31.2 Å². The molecule has 0 unspecified atom stereocenters. The number of nitrogens with zero attached hydrogens (tertiary/aromatic N) is 1. The summed E-state index contributed by atoms with van der Waals surface area (Å²) in [6.45, 7) is 4.71. The molecule has 1 amide bonds. The van der Waals surface area contributed by atoms with Crippen LogP contribution in [0.4, 0.5) is 0 Å². The number of benzene rings is 2. The number of furan rings is 1. The van der Waals surface area contributed by atoms with Gasteiger partial charge in [-0.3, -0.25) is 9.69 Å². The molecular formula is C21H21BrN2O2. The van der Waals surface area contributed by atoms with Crippen molar-refractivity contribution in [1.29, 1.82) is 0 Å². The van der Waals surface area contributed by atoms with E-state index in [1.165, 1.54) is 5.56 Å². The van der Waals surface area contributed by atoms with Gasteiger partial charge in [0.1, 0.15) is 5.58 Å². The van der Waals surface area contributed by atoms with Gasteiger partial charge < -0.3 is 9.73 Å². The highest BCUT2D eigenvalue weighted by molar-refractivity contribution is 9.10. The van der Waals surface area contributed by atoms with Crippen molar-refractivity contribution in [3.05, 3.63) is 69.9 Å². The fourth-order valence-corrected chi connectivity index (χ4v) is 3.96. The predicted octanol–water partition coefficient (Wildman–Crippen LogP) is 4.51. The average molecular weight is 413 g/mol. The maximum absolute atomic E-state index is 12.7. The van der Waals surface area contributed by atoms with Gasteiger partial charge >= 0.3 is 0 Å². The maximum atomic E-state index is 12.7. The highest BCUT2D eigenvalue weighted by atomic mass is 79.9. The number of carbonyl (C=O) groups excluding carboxylic acids is 1. The molecule has 1 fully saturated rings. The zero-order chi connectivity index (χ0) is 18.1. The Hall–Kier alpha value is -2.11. The number of rotatable bonds is 4. The lowest BCUT2D eigenvalue weighted by Gasteiger charge is -2.16. The lowest BCUT2D eigenvalue weighted by Crippen LogP contribution is -2.37. The van der Waals surface area contributed by atoms with E-state index in [0.29, 0.717) is 5.76 Å². The number of nitrogens with one attached hydrogen (secondary N) is 1. The molecule has 26 heavy (non-hydrogen) atoms. The van der Waals surface area contributed by atoms with Crippen LogP contribution in [0.5, 0.6) is 0 Å². The molecule has 0 spiro atoms. The summed E-state index contributed by atoms with van der Waals surface area (Å²) in [5.41, 5.74) is 2.93. The predicted molar refractivity (Wildman–Crippen MR) is 106 cm³/mol. The second-order valence-electron chi connectivity index (χ2n) is 6.88. The first-order chi connectivity index (χ1) is 12.6. The van der Waals surface area contributed by atoms with Crippen molar-refractivity contribution in [2.24, 2.45) is 0 Å². The molecule has 4 nitrogen and oxygen atoms in total. The topological polar surface area (TPSA) is 45.5 Å². The first kappa shape index (κ1) is 17.3. The maximum Gasteiger partial charge on any atom is 0.287 e. The van der Waals surface area contributed by atoms with E-state index in [-0.39, 0.29) is 11.9 Å². The monoisotopic (exact) mass is 412 g/mol. The standard InChI is InChI=1S/C21H21BrN2O2/c1-14-18-11-16(22)7-8-19(18)26-20(14)21(25)23-17-9-10-24(13-17)12-15-5-3-2-4-6-15/h2-8,11,17H,9-10,12-13H2,1H3,(H,23,25)/t17-/m1/s1. The summed E-state index contributed by atoms with van der Waals surface area (Å²) in [5.74, 6) is 0.293. The van der Waals surface area contributed by atoms with Crippen molar-refractivity contribution in [3.63, 3.8) is 0 Å². The van der Waals surface area contributed by atoms with Crippen molar-refractivity contribution in [3.8, 4) is 0 Å². The molecule has 4 rings (SSSR count). The molecule has 2 aromatic carbocycles. The van der Waals surface area contributed by atoms with Crippen LogP contribution in [0.3, 0.4) is 0 Å². The largest absolute Gasteiger partial charge is 0.451 e. The number of likely N-dealkylation sites (tertiary alicyclic amines) is 1. The Balaban J connectivity index is 1.42. The quantitative estimate of drug-likeness (QED) is 0.685. The lowest BCUT2D eigenvalue weighted by atomic mass is 10.1. The van der Waals surface area contributed by atoms with Crippen molar-refractivity contribution < 1.29 is 9.21 Å². The third-order valence-electron chi connectivity index (χ3n) is 4.96. The number of carbonyl (C=O) groups is 1. The Bertz CT molecular complexity index is 936. The molecule has 0 radical (unpaired) electrons. The fourth-order valence-electron chi connectivity index (χ4n) is 3.60. The van der Waals surface area contributed by atoms with Crippen molar-refractivity contribution in [2.75, 3.05) is 13.1 Å². The molecule has 0 bridgehead atoms. The number of aryl methyl sites for hydroxylation is 1. The van der Waals surface area contributed by atoms with Gasteiger partial charge in [-0.15, -0.1) is 0 Å². The van der Waals surface area contributed by atoms with Gasteiger partial charge in [0.15, 0.2) is 5.76 Å². The van der Waals surface area contributed by atoms with Crippen molar-refractivity contribution in [1.82, 2.24) is 10.2 Å². The lowest BCUT2D eigenvalue weighted by molar-refractivity contribution is 0.0911. The van der Waals surface area contributed by atoms with E-state index >= 15 is 0 Å². The summed E-state index contributed by atoms with van der Waals surface area (Å²) in [6.07, 6.45) is 0.962. The van der Waals surface area contributed by atoms with Gasteiger partial charge in [0.2, 0.25) is 0 Å². The molecule has 3 aromatic rings. The van der Waals surface area contributed by atoms with Gasteiger partial charge in [0.05, 0.1) is 0 Å². The van der Waals surface area contributed by atoms with Crippen LogP contribution in [0.25, 0.3) is 11.0 Å². The van der Waals surface area contributed by atoms with Crippen LogP contribution in [0.15, 0.2) is 57.4 Å². The Morgan fingerprint density at radius 3 is 2.88 bits per heavy atom. The smallest absolute Gasteiger partial charge is 0.287 e. The SMILES string of the molecule is Cc1c(C(=O)N[C@@H]2CCN(Cc3ccccc3)C2)oc2ccc(Br)cc12. The third kappa shape index (κ3) is 3.55. The second kappa shape index (κ2) is 7.25. The summed E-state index contributed by atoms with van der Waals surface area (Å²) in [4.78, 5) is 15.1. The Morgan fingerprint density at radius 2 is 2.08 bits per heavy atom. The summed E-state index contributed by atoms with van der Waals surface area (Å²) >= 11 is 3.47. The molecule has 1 atom stereocenters. The van der Waals surface area contributed by atoms with Crippen molar-refractivity contribution in [2.45, 2.75) is 25.9 Å². The number of fused-ring (bicyclic) bond motifs is 1. The molecule has 134 valence electrons. The fraction of sp³-hybridized carbons (Fsp3) is 0.286. The van der Waals surface area contributed by atoms with Crippen LogP contribution >= 0.6 is 15.9 Å². The molecule has 1 aliphatic heterocycles. The van der Waals surface area contributed by atoms with E-state index in [0.717, 1.165) is 47.1 Å². The summed E-state index contributed by atoms with van der Waals surface area (Å²) in [7, 11) is 0. The summed E-state index contributed by atoms with van der Waals surface area (Å²) in [5, 5.41) is 4.12. The summed E-state index contributed by atoms with van der Waals surface area (Å²) < 4.78 is 6.78. The zero-order valence-electron chi connectivity index (χ0n) is 14.7. The van der Waals surface area contributed by atoms with Crippen LogP contribution in [-0.4, -0.2) is 29.9 Å². The molecule has 1 aliphatic rings. The van der Waals surface area contributed by atoms with E-state index in [2.05, 4.69) is 50.4 Å². The third-order valence-corrected chi connectivity index (χ3v) is 5.45. The highest BCUT2D eigenvalue weighted by Gasteiger charge is 2.26. The minimum Gasteiger partial charge on any atom is -0.451 e. The Kier molecular flexibility index (Phi) is 4.83. The van der Waals surface area contributed by atoms with Crippen LogP contribution in [0, 0.1) is 6.92 Å². The normalized spacial score (nSPS) is 17.7. The first-order valence-electron chi connectivity index (χ1n) is 8.86. The number of hydrogen-bond acceptors (Lipinski definition) is 3. The van der Waals surface area contributed by atoms with E-state index < -0.39 is 0 Å². The molecule has 5 heteroatoms. The number of halogens is 1. The van der Waals surface area contributed by atoms with Crippen LogP contribution < -0.4 is 5.32 Å². The van der Waals surface area contributed by atoms with Gasteiger partial charge in [0.25, 0.3) is 5.91 Å². The second-order valence-corrected chi connectivity index (χ2v) is 7.79. The van der Waals surface area contributed by atoms with Crippen molar-refractivity contribution >= 4 is 32.8 Å². The van der Waals surface area contributed by atoms with Gasteiger partial charge in [0, 0.05) is 41.1 Å². The molecule has 1 aromatic heterocycles. The molecule has 0 aliphatic carbocycles. The molecular weight excluding hydrogens is 392 g/mol. The van der Waals surface area contributed by atoms with Crippen LogP contribution in [0.2, 0.25) is 0 Å².